The summed E-state index contributed by atoms with van der Waals surface area (Å²) in [5.74, 6) is -0.325. The van der Waals surface area contributed by atoms with E-state index in [9.17, 15) is 4.39 Å². The van der Waals surface area contributed by atoms with E-state index in [0.29, 0.717) is 31.0 Å². The third-order valence-electron chi connectivity index (χ3n) is 2.42. The standard InChI is InChI=1S/C12H17FN2OS/c1-3-16-7-6-15(2)11-5-4-9(12(14)17)8-10(11)13/h4-5,8H,3,6-7H2,1-2H3,(H2,14,17). The first kappa shape index (κ1) is 13.9. The Kier molecular flexibility index (Phi) is 5.31. The molecular formula is C12H17FN2OS. The Morgan fingerprint density at radius 1 is 1.53 bits per heavy atom. The average Bonchev–Trinajstić information content (AvgIpc) is 2.28. The number of nitrogens with two attached hydrogens (primary N) is 1. The summed E-state index contributed by atoms with van der Waals surface area (Å²) in [5.41, 5.74) is 6.50. The monoisotopic (exact) mass is 256 g/mol. The van der Waals surface area contributed by atoms with E-state index in [1.807, 2.05) is 14.0 Å². The fourth-order valence-corrected chi connectivity index (χ4v) is 1.56. The van der Waals surface area contributed by atoms with Gasteiger partial charge in [0.2, 0.25) is 0 Å². The van der Waals surface area contributed by atoms with Gasteiger partial charge in [-0.25, -0.2) is 4.39 Å². The van der Waals surface area contributed by atoms with Gasteiger partial charge in [-0.05, 0) is 25.1 Å². The van der Waals surface area contributed by atoms with E-state index in [0.717, 1.165) is 0 Å². The molecule has 0 heterocycles. The zero-order valence-electron chi connectivity index (χ0n) is 10.1. The number of likely N-dealkylation sites (N-methyl/N-ethyl adjacent to an activating group) is 1. The van der Waals surface area contributed by atoms with E-state index in [1.54, 1.807) is 17.0 Å². The molecule has 1 aromatic rings. The summed E-state index contributed by atoms with van der Waals surface area (Å²) in [5, 5.41) is 0. The summed E-state index contributed by atoms with van der Waals surface area (Å²) < 4.78 is 19.0. The third kappa shape index (κ3) is 3.94. The molecule has 17 heavy (non-hydrogen) atoms. The zero-order valence-corrected chi connectivity index (χ0v) is 10.9. The minimum absolute atomic E-state index is 0.201. The van der Waals surface area contributed by atoms with Crippen molar-refractivity contribution in [2.45, 2.75) is 6.92 Å². The van der Waals surface area contributed by atoms with E-state index in [-0.39, 0.29) is 10.8 Å². The van der Waals surface area contributed by atoms with Gasteiger partial charge >= 0.3 is 0 Å². The molecule has 0 aliphatic heterocycles. The Balaban J connectivity index is 2.74. The zero-order chi connectivity index (χ0) is 12.8. The predicted octanol–water partition coefficient (Wildman–Crippen LogP) is 1.93. The normalized spacial score (nSPS) is 10.3. The number of rotatable bonds is 6. The topological polar surface area (TPSA) is 38.5 Å². The molecule has 2 N–H and O–H groups in total. The average molecular weight is 256 g/mol. The second kappa shape index (κ2) is 6.51. The van der Waals surface area contributed by atoms with Crippen molar-refractivity contribution in [3.8, 4) is 0 Å². The van der Waals surface area contributed by atoms with Gasteiger partial charge < -0.3 is 15.4 Å². The molecule has 94 valence electrons. The first-order valence-electron chi connectivity index (χ1n) is 5.44. The molecule has 0 saturated heterocycles. The maximum Gasteiger partial charge on any atom is 0.147 e. The molecule has 0 aromatic heterocycles. The summed E-state index contributed by atoms with van der Waals surface area (Å²) in [4.78, 5) is 2.00. The minimum Gasteiger partial charge on any atom is -0.389 e. The number of benzene rings is 1. The summed E-state index contributed by atoms with van der Waals surface area (Å²) >= 11 is 4.79. The lowest BCUT2D eigenvalue weighted by molar-refractivity contribution is 0.154. The molecule has 0 aliphatic carbocycles. The van der Waals surface area contributed by atoms with Crippen LogP contribution >= 0.6 is 12.2 Å². The van der Waals surface area contributed by atoms with Gasteiger partial charge in [-0.15, -0.1) is 0 Å². The van der Waals surface area contributed by atoms with E-state index < -0.39 is 0 Å². The fraction of sp³-hybridized carbons (Fsp3) is 0.417. The largest absolute Gasteiger partial charge is 0.389 e. The maximum absolute atomic E-state index is 13.8. The van der Waals surface area contributed by atoms with Crippen LogP contribution in [-0.2, 0) is 4.74 Å². The molecule has 0 aliphatic rings. The van der Waals surface area contributed by atoms with Crippen LogP contribution in [-0.4, -0.2) is 31.8 Å². The number of thiocarbonyl (C=S) groups is 1. The first-order valence-corrected chi connectivity index (χ1v) is 5.85. The molecule has 1 aromatic carbocycles. The Morgan fingerprint density at radius 3 is 2.76 bits per heavy atom. The molecule has 5 heteroatoms. The second-order valence-corrected chi connectivity index (χ2v) is 4.09. The van der Waals surface area contributed by atoms with Crippen LogP contribution in [0.5, 0.6) is 0 Å². The van der Waals surface area contributed by atoms with Crippen LogP contribution in [0.4, 0.5) is 10.1 Å². The van der Waals surface area contributed by atoms with Gasteiger partial charge in [-0.2, -0.15) is 0 Å². The molecule has 0 saturated carbocycles. The van der Waals surface area contributed by atoms with Crippen LogP contribution in [0.15, 0.2) is 18.2 Å². The molecule has 0 bridgehead atoms. The lowest BCUT2D eigenvalue weighted by atomic mass is 10.2. The Hall–Kier alpha value is -1.20. The smallest absolute Gasteiger partial charge is 0.147 e. The molecule has 0 radical (unpaired) electrons. The van der Waals surface area contributed by atoms with Crippen molar-refractivity contribution in [1.82, 2.24) is 0 Å². The molecule has 1 rings (SSSR count). The van der Waals surface area contributed by atoms with Gasteiger partial charge in [0, 0.05) is 25.8 Å². The van der Waals surface area contributed by atoms with Crippen molar-refractivity contribution in [1.29, 1.82) is 0 Å². The lowest BCUT2D eigenvalue weighted by Crippen LogP contribution is -2.23. The van der Waals surface area contributed by atoms with Crippen molar-refractivity contribution in [2.24, 2.45) is 5.73 Å². The summed E-state index contributed by atoms with van der Waals surface area (Å²) in [7, 11) is 1.82. The fourth-order valence-electron chi connectivity index (χ4n) is 1.44. The highest BCUT2D eigenvalue weighted by Gasteiger charge is 2.09. The number of nitrogens with zero attached hydrogens (tertiary/aromatic N) is 1. The van der Waals surface area contributed by atoms with Crippen LogP contribution in [0, 0.1) is 5.82 Å². The third-order valence-corrected chi connectivity index (χ3v) is 2.65. The summed E-state index contributed by atoms with van der Waals surface area (Å²) in [6.07, 6.45) is 0. The van der Waals surface area contributed by atoms with E-state index >= 15 is 0 Å². The summed E-state index contributed by atoms with van der Waals surface area (Å²) in [6, 6.07) is 4.75. The Morgan fingerprint density at radius 2 is 2.24 bits per heavy atom. The molecule has 3 nitrogen and oxygen atoms in total. The van der Waals surface area contributed by atoms with E-state index in [2.05, 4.69) is 0 Å². The molecule has 0 fully saturated rings. The summed E-state index contributed by atoms with van der Waals surface area (Å²) in [6.45, 7) is 3.80. The van der Waals surface area contributed by atoms with Crippen molar-refractivity contribution in [2.75, 3.05) is 31.7 Å². The van der Waals surface area contributed by atoms with Crippen molar-refractivity contribution >= 4 is 22.9 Å². The van der Waals surface area contributed by atoms with Crippen LogP contribution < -0.4 is 10.6 Å². The number of hydrogen-bond donors (Lipinski definition) is 1. The molecule has 0 atom stereocenters. The minimum atomic E-state index is -0.325. The van der Waals surface area contributed by atoms with Gasteiger partial charge in [0.25, 0.3) is 0 Å². The van der Waals surface area contributed by atoms with E-state index in [4.69, 9.17) is 22.7 Å². The van der Waals surface area contributed by atoms with Crippen molar-refractivity contribution in [3.63, 3.8) is 0 Å². The van der Waals surface area contributed by atoms with Crippen LogP contribution in [0.1, 0.15) is 12.5 Å². The second-order valence-electron chi connectivity index (χ2n) is 3.65. The first-order chi connectivity index (χ1) is 8.06. The van der Waals surface area contributed by atoms with Gasteiger partial charge in [-0.1, -0.05) is 12.2 Å². The van der Waals surface area contributed by atoms with Crippen LogP contribution in [0.2, 0.25) is 0 Å². The van der Waals surface area contributed by atoms with E-state index in [1.165, 1.54) is 6.07 Å². The van der Waals surface area contributed by atoms with Crippen molar-refractivity contribution in [3.05, 3.63) is 29.6 Å². The molecule has 0 spiro atoms. The van der Waals surface area contributed by atoms with Crippen LogP contribution in [0.3, 0.4) is 0 Å². The number of hydrogen-bond acceptors (Lipinski definition) is 3. The van der Waals surface area contributed by atoms with Gasteiger partial charge in [0.1, 0.15) is 10.8 Å². The molecule has 0 unspecified atom stereocenters. The van der Waals surface area contributed by atoms with Gasteiger partial charge in [0.05, 0.1) is 12.3 Å². The van der Waals surface area contributed by atoms with Gasteiger partial charge in [-0.3, -0.25) is 0 Å². The Bertz CT molecular complexity index is 398. The number of ether oxygens (including phenoxy) is 1. The van der Waals surface area contributed by atoms with Crippen LogP contribution in [0.25, 0.3) is 0 Å². The Labute approximate surface area is 106 Å². The lowest BCUT2D eigenvalue weighted by Gasteiger charge is -2.20. The highest BCUT2D eigenvalue weighted by atomic mass is 32.1. The number of anilines is 1. The predicted molar refractivity (Wildman–Crippen MR) is 72.1 cm³/mol. The quantitative estimate of drug-likeness (QED) is 0.623. The SMILES string of the molecule is CCOCCN(C)c1ccc(C(N)=S)cc1F. The highest BCUT2D eigenvalue weighted by molar-refractivity contribution is 7.80. The highest BCUT2D eigenvalue weighted by Crippen LogP contribution is 2.19. The van der Waals surface area contributed by atoms with Crippen molar-refractivity contribution < 1.29 is 9.13 Å². The van der Waals surface area contributed by atoms with Gasteiger partial charge in [0.15, 0.2) is 0 Å². The number of halogens is 1. The maximum atomic E-state index is 13.8. The molecule has 0 amide bonds. The molecular weight excluding hydrogens is 239 g/mol.